The van der Waals surface area contributed by atoms with Crippen molar-refractivity contribution in [3.63, 3.8) is 0 Å². The predicted molar refractivity (Wildman–Crippen MR) is 106 cm³/mol. The normalized spacial score (nSPS) is 17.5. The Bertz CT molecular complexity index is 647. The van der Waals surface area contributed by atoms with Crippen molar-refractivity contribution in [1.29, 1.82) is 0 Å². The molecule has 1 amide bonds. The summed E-state index contributed by atoms with van der Waals surface area (Å²) in [5.41, 5.74) is 3.20. The molecule has 1 aliphatic rings. The zero-order valence-corrected chi connectivity index (χ0v) is 17.3. The average molecular weight is 378 g/mol. The van der Waals surface area contributed by atoms with Crippen LogP contribution in [-0.2, 0) is 23.1 Å². The molecule has 2 N–H and O–H groups in total. The number of nitrogens with one attached hydrogen (secondary N) is 1. The molecule has 27 heavy (non-hydrogen) atoms. The Balaban J connectivity index is 1.96. The summed E-state index contributed by atoms with van der Waals surface area (Å²) in [6, 6.07) is -0.0461. The van der Waals surface area contributed by atoms with Crippen LogP contribution in [0.25, 0.3) is 0 Å². The van der Waals surface area contributed by atoms with Crippen molar-refractivity contribution in [3.05, 3.63) is 17.0 Å². The van der Waals surface area contributed by atoms with Crippen molar-refractivity contribution in [2.24, 2.45) is 18.9 Å². The van der Waals surface area contributed by atoms with Gasteiger partial charge in [-0.1, -0.05) is 39.0 Å². The Kier molecular flexibility index (Phi) is 7.87. The van der Waals surface area contributed by atoms with E-state index in [2.05, 4.69) is 10.4 Å². The molecule has 6 nitrogen and oxygen atoms in total. The van der Waals surface area contributed by atoms with Gasteiger partial charge in [0.2, 0.25) is 5.91 Å². The third-order valence-corrected chi connectivity index (χ3v) is 6.01. The minimum atomic E-state index is -0.799. The highest BCUT2D eigenvalue weighted by Gasteiger charge is 2.24. The van der Waals surface area contributed by atoms with Crippen LogP contribution in [0.15, 0.2) is 0 Å². The Morgan fingerprint density at radius 2 is 1.93 bits per heavy atom. The van der Waals surface area contributed by atoms with Gasteiger partial charge in [0.1, 0.15) is 0 Å². The number of aromatic nitrogens is 2. The molecular formula is C21H35N3O3. The molecule has 0 radical (unpaired) electrons. The molecule has 0 saturated heterocycles. The van der Waals surface area contributed by atoms with Crippen molar-refractivity contribution in [1.82, 2.24) is 15.1 Å². The SMILES string of the molecule is Cc1nn(C)c(C)c1CC(C)C(=O)NC(CCC(=O)O)CC1CCCCC1. The fourth-order valence-electron chi connectivity index (χ4n) is 4.23. The van der Waals surface area contributed by atoms with Crippen LogP contribution in [0.2, 0.25) is 0 Å². The molecule has 1 fully saturated rings. The molecule has 1 aromatic heterocycles. The van der Waals surface area contributed by atoms with E-state index in [0.29, 0.717) is 18.8 Å². The van der Waals surface area contributed by atoms with Gasteiger partial charge in [-0.25, -0.2) is 0 Å². The summed E-state index contributed by atoms with van der Waals surface area (Å²) in [5.74, 6) is -0.336. The topological polar surface area (TPSA) is 84.2 Å². The molecule has 152 valence electrons. The zero-order valence-electron chi connectivity index (χ0n) is 17.3. The second-order valence-electron chi connectivity index (χ2n) is 8.26. The maximum atomic E-state index is 12.8. The van der Waals surface area contributed by atoms with Gasteiger partial charge in [0.25, 0.3) is 0 Å². The van der Waals surface area contributed by atoms with E-state index in [1.54, 1.807) is 0 Å². The number of amides is 1. The summed E-state index contributed by atoms with van der Waals surface area (Å²) in [7, 11) is 1.92. The van der Waals surface area contributed by atoms with Gasteiger partial charge >= 0.3 is 5.97 Å². The first-order chi connectivity index (χ1) is 12.8. The van der Waals surface area contributed by atoms with Crippen LogP contribution in [-0.4, -0.2) is 32.8 Å². The number of carbonyl (C=O) groups is 2. The molecule has 2 atom stereocenters. The fourth-order valence-corrected chi connectivity index (χ4v) is 4.23. The van der Waals surface area contributed by atoms with Gasteiger partial charge < -0.3 is 10.4 Å². The van der Waals surface area contributed by atoms with Crippen LogP contribution >= 0.6 is 0 Å². The number of hydrogen-bond acceptors (Lipinski definition) is 3. The number of carboxylic acids is 1. The Morgan fingerprint density at radius 1 is 1.26 bits per heavy atom. The van der Waals surface area contributed by atoms with E-state index >= 15 is 0 Å². The van der Waals surface area contributed by atoms with E-state index in [4.69, 9.17) is 5.11 Å². The van der Waals surface area contributed by atoms with Crippen molar-refractivity contribution in [3.8, 4) is 0 Å². The molecule has 1 aliphatic carbocycles. The van der Waals surface area contributed by atoms with Gasteiger partial charge in [0, 0.05) is 31.1 Å². The molecule has 0 spiro atoms. The molecule has 0 bridgehead atoms. The molecule has 0 aliphatic heterocycles. The Labute approximate surface area is 162 Å². The first-order valence-electron chi connectivity index (χ1n) is 10.3. The lowest BCUT2D eigenvalue weighted by molar-refractivity contribution is -0.137. The first-order valence-corrected chi connectivity index (χ1v) is 10.3. The highest BCUT2D eigenvalue weighted by atomic mass is 16.4. The van der Waals surface area contributed by atoms with Crippen LogP contribution < -0.4 is 5.32 Å². The van der Waals surface area contributed by atoms with Crippen molar-refractivity contribution < 1.29 is 14.7 Å². The van der Waals surface area contributed by atoms with Gasteiger partial charge in [-0.15, -0.1) is 0 Å². The van der Waals surface area contributed by atoms with E-state index in [9.17, 15) is 9.59 Å². The lowest BCUT2D eigenvalue weighted by Crippen LogP contribution is -2.40. The van der Waals surface area contributed by atoms with Crippen LogP contribution in [0.1, 0.15) is 75.2 Å². The minimum Gasteiger partial charge on any atom is -0.481 e. The number of aliphatic carboxylic acids is 1. The standard InChI is InChI=1S/C21H35N3O3/c1-14(12-19-15(2)23-24(4)16(19)3)21(27)22-18(10-11-20(25)26)13-17-8-6-5-7-9-17/h14,17-18H,5-13H2,1-4H3,(H,22,27)(H,25,26). The number of nitrogens with zero attached hydrogens (tertiary/aromatic N) is 2. The van der Waals surface area contributed by atoms with Crippen molar-refractivity contribution in [2.45, 2.75) is 84.6 Å². The third-order valence-electron chi connectivity index (χ3n) is 6.01. The smallest absolute Gasteiger partial charge is 0.303 e. The second kappa shape index (κ2) is 9.90. The molecule has 1 saturated carbocycles. The van der Waals surface area contributed by atoms with E-state index in [1.807, 2.05) is 32.5 Å². The number of aryl methyl sites for hydroxylation is 2. The van der Waals surface area contributed by atoms with Crippen LogP contribution in [0.5, 0.6) is 0 Å². The van der Waals surface area contributed by atoms with E-state index < -0.39 is 5.97 Å². The van der Waals surface area contributed by atoms with Crippen molar-refractivity contribution in [2.75, 3.05) is 0 Å². The summed E-state index contributed by atoms with van der Waals surface area (Å²) >= 11 is 0. The summed E-state index contributed by atoms with van der Waals surface area (Å²) < 4.78 is 1.86. The summed E-state index contributed by atoms with van der Waals surface area (Å²) in [6.45, 7) is 5.94. The maximum Gasteiger partial charge on any atom is 0.303 e. The van der Waals surface area contributed by atoms with E-state index in [-0.39, 0.29) is 24.3 Å². The lowest BCUT2D eigenvalue weighted by atomic mass is 9.84. The maximum absolute atomic E-state index is 12.8. The van der Waals surface area contributed by atoms with E-state index in [0.717, 1.165) is 23.4 Å². The Morgan fingerprint density at radius 3 is 2.48 bits per heavy atom. The van der Waals surface area contributed by atoms with Crippen LogP contribution in [0.3, 0.4) is 0 Å². The monoisotopic (exact) mass is 377 g/mol. The van der Waals surface area contributed by atoms with Crippen LogP contribution in [0, 0.1) is 25.7 Å². The fraction of sp³-hybridized carbons (Fsp3) is 0.762. The molecule has 2 unspecified atom stereocenters. The molecule has 1 aromatic rings. The third kappa shape index (κ3) is 6.36. The predicted octanol–water partition coefficient (Wildman–Crippen LogP) is 3.54. The average Bonchev–Trinajstić information content (AvgIpc) is 2.86. The summed E-state index contributed by atoms with van der Waals surface area (Å²) in [6.07, 6.45) is 8.36. The van der Waals surface area contributed by atoms with Crippen molar-refractivity contribution >= 4 is 11.9 Å². The quantitative estimate of drug-likeness (QED) is 0.689. The van der Waals surface area contributed by atoms with Gasteiger partial charge in [-0.05, 0) is 44.6 Å². The van der Waals surface area contributed by atoms with Gasteiger partial charge in [0.05, 0.1) is 5.69 Å². The second-order valence-corrected chi connectivity index (χ2v) is 8.26. The van der Waals surface area contributed by atoms with E-state index in [1.165, 1.54) is 32.1 Å². The number of carbonyl (C=O) groups excluding carboxylic acids is 1. The number of carboxylic acid groups (broad SMARTS) is 1. The summed E-state index contributed by atoms with van der Waals surface area (Å²) in [4.78, 5) is 23.8. The van der Waals surface area contributed by atoms with Crippen LogP contribution in [0.4, 0.5) is 0 Å². The van der Waals surface area contributed by atoms with Gasteiger partial charge in [-0.2, -0.15) is 5.10 Å². The first kappa shape index (κ1) is 21.5. The number of hydrogen-bond donors (Lipinski definition) is 2. The highest BCUT2D eigenvalue weighted by molar-refractivity contribution is 5.79. The Hall–Kier alpha value is -1.85. The summed E-state index contributed by atoms with van der Waals surface area (Å²) in [5, 5.41) is 16.6. The zero-order chi connectivity index (χ0) is 20.0. The highest BCUT2D eigenvalue weighted by Crippen LogP contribution is 2.28. The molecular weight excluding hydrogens is 342 g/mol. The largest absolute Gasteiger partial charge is 0.481 e. The van der Waals surface area contributed by atoms with Gasteiger partial charge in [0.15, 0.2) is 0 Å². The molecule has 2 rings (SSSR count). The molecule has 6 heteroatoms. The molecule has 0 aromatic carbocycles. The molecule has 1 heterocycles. The lowest BCUT2D eigenvalue weighted by Gasteiger charge is -2.28. The minimum absolute atomic E-state index is 0.0175. The number of rotatable bonds is 9. The van der Waals surface area contributed by atoms with Gasteiger partial charge in [-0.3, -0.25) is 14.3 Å².